The van der Waals surface area contributed by atoms with E-state index in [-0.39, 0.29) is 0 Å². The van der Waals surface area contributed by atoms with Crippen molar-refractivity contribution in [1.82, 2.24) is 9.97 Å². The van der Waals surface area contributed by atoms with Crippen LogP contribution >= 0.6 is 0 Å². The monoisotopic (exact) mass is 234 g/mol. The normalized spacial score (nSPS) is 28.3. The van der Waals surface area contributed by atoms with Crippen molar-refractivity contribution in [2.45, 2.75) is 38.3 Å². The summed E-state index contributed by atoms with van der Waals surface area (Å²) in [5.41, 5.74) is 6.64. The van der Waals surface area contributed by atoms with Gasteiger partial charge in [0.05, 0.1) is 12.1 Å². The number of hydrogen-bond acceptors (Lipinski definition) is 5. The first-order valence-corrected chi connectivity index (χ1v) is 6.21. The van der Waals surface area contributed by atoms with Crippen molar-refractivity contribution >= 4 is 11.8 Å². The van der Waals surface area contributed by atoms with Crippen LogP contribution in [0.4, 0.5) is 11.8 Å². The lowest BCUT2D eigenvalue weighted by molar-refractivity contribution is 0.0898. The number of nitrogens with zero attached hydrogens (tertiary/aromatic N) is 2. The lowest BCUT2D eigenvalue weighted by atomic mass is 10.1. The van der Waals surface area contributed by atoms with Gasteiger partial charge in [-0.2, -0.15) is 4.98 Å². The lowest BCUT2D eigenvalue weighted by Gasteiger charge is -2.20. The maximum Gasteiger partial charge on any atom is 0.221 e. The molecule has 1 aliphatic heterocycles. The molecule has 2 fully saturated rings. The minimum Gasteiger partial charge on any atom is -0.376 e. The molecule has 1 saturated carbocycles. The highest BCUT2D eigenvalue weighted by Gasteiger charge is 2.40. The molecule has 17 heavy (non-hydrogen) atoms. The molecule has 5 heteroatoms. The third kappa shape index (κ3) is 2.20. The van der Waals surface area contributed by atoms with Crippen LogP contribution in [0.15, 0.2) is 6.20 Å². The van der Waals surface area contributed by atoms with E-state index in [1.807, 2.05) is 6.92 Å². The van der Waals surface area contributed by atoms with Gasteiger partial charge in [0.15, 0.2) is 0 Å². The third-order valence-electron chi connectivity index (χ3n) is 3.53. The van der Waals surface area contributed by atoms with Crippen molar-refractivity contribution < 1.29 is 4.74 Å². The Labute approximate surface area is 101 Å². The van der Waals surface area contributed by atoms with Gasteiger partial charge in [0.2, 0.25) is 5.95 Å². The van der Waals surface area contributed by atoms with Gasteiger partial charge in [0.25, 0.3) is 0 Å². The van der Waals surface area contributed by atoms with Gasteiger partial charge in [-0.3, -0.25) is 0 Å². The van der Waals surface area contributed by atoms with Crippen LogP contribution < -0.4 is 11.1 Å². The molecule has 1 aromatic heterocycles. The second kappa shape index (κ2) is 4.14. The van der Waals surface area contributed by atoms with Gasteiger partial charge in [-0.15, -0.1) is 0 Å². The molecule has 1 aromatic rings. The van der Waals surface area contributed by atoms with Crippen LogP contribution in [0.2, 0.25) is 0 Å². The zero-order valence-electron chi connectivity index (χ0n) is 10.0. The molecule has 0 amide bonds. The first-order valence-electron chi connectivity index (χ1n) is 6.21. The van der Waals surface area contributed by atoms with E-state index >= 15 is 0 Å². The van der Waals surface area contributed by atoms with E-state index in [1.165, 1.54) is 12.8 Å². The minimum atomic E-state index is 0.319. The predicted molar refractivity (Wildman–Crippen MR) is 65.7 cm³/mol. The molecule has 0 radical (unpaired) electrons. The van der Waals surface area contributed by atoms with Gasteiger partial charge in [0, 0.05) is 18.4 Å². The summed E-state index contributed by atoms with van der Waals surface area (Å²) in [6, 6.07) is 0.371. The number of rotatable bonds is 3. The van der Waals surface area contributed by atoms with Crippen LogP contribution in [0.25, 0.3) is 0 Å². The maximum absolute atomic E-state index is 5.79. The average molecular weight is 234 g/mol. The first-order chi connectivity index (χ1) is 8.24. The van der Waals surface area contributed by atoms with Crippen molar-refractivity contribution in [2.75, 3.05) is 17.7 Å². The Morgan fingerprint density at radius 1 is 1.41 bits per heavy atom. The molecule has 2 unspecified atom stereocenters. The van der Waals surface area contributed by atoms with Gasteiger partial charge in [-0.1, -0.05) is 0 Å². The highest BCUT2D eigenvalue weighted by molar-refractivity contribution is 5.46. The zero-order valence-corrected chi connectivity index (χ0v) is 10.0. The van der Waals surface area contributed by atoms with Crippen LogP contribution in [-0.2, 0) is 4.74 Å². The van der Waals surface area contributed by atoms with Crippen molar-refractivity contribution in [3.8, 4) is 0 Å². The molecule has 2 heterocycles. The van der Waals surface area contributed by atoms with Crippen LogP contribution in [0, 0.1) is 12.8 Å². The van der Waals surface area contributed by atoms with E-state index in [1.54, 1.807) is 6.20 Å². The smallest absolute Gasteiger partial charge is 0.221 e. The standard InChI is InChI=1S/C12H18N4O/c1-7-6-14-12(13)16-11(7)15-9-4-5-17-10(9)8-2-3-8/h6,8-10H,2-5H2,1H3,(H3,13,14,15,16). The second-order valence-corrected chi connectivity index (χ2v) is 4.97. The minimum absolute atomic E-state index is 0.319. The van der Waals surface area contributed by atoms with Crippen molar-refractivity contribution in [3.05, 3.63) is 11.8 Å². The highest BCUT2D eigenvalue weighted by Crippen LogP contribution is 2.39. The summed E-state index contributed by atoms with van der Waals surface area (Å²) in [7, 11) is 0. The van der Waals surface area contributed by atoms with E-state index in [0.717, 1.165) is 30.3 Å². The van der Waals surface area contributed by atoms with E-state index in [9.17, 15) is 0 Å². The Bertz CT molecular complexity index is 419. The van der Waals surface area contributed by atoms with Crippen molar-refractivity contribution in [2.24, 2.45) is 5.92 Å². The summed E-state index contributed by atoms with van der Waals surface area (Å²) in [5.74, 6) is 1.91. The molecule has 1 saturated heterocycles. The number of anilines is 2. The number of nitrogens with two attached hydrogens (primary N) is 1. The van der Waals surface area contributed by atoms with Gasteiger partial charge >= 0.3 is 0 Å². The van der Waals surface area contributed by atoms with Gasteiger partial charge in [-0.05, 0) is 32.1 Å². The Morgan fingerprint density at radius 2 is 2.24 bits per heavy atom. The molecule has 3 N–H and O–H groups in total. The zero-order chi connectivity index (χ0) is 11.8. The molecule has 0 bridgehead atoms. The highest BCUT2D eigenvalue weighted by atomic mass is 16.5. The van der Waals surface area contributed by atoms with Crippen molar-refractivity contribution in [1.29, 1.82) is 0 Å². The summed E-state index contributed by atoms with van der Waals surface area (Å²) in [6.45, 7) is 2.84. The molecule has 3 rings (SSSR count). The fourth-order valence-corrected chi connectivity index (χ4v) is 2.43. The van der Waals surface area contributed by atoms with E-state index in [4.69, 9.17) is 10.5 Å². The Hall–Kier alpha value is -1.36. The topological polar surface area (TPSA) is 73.1 Å². The lowest BCUT2D eigenvalue weighted by Crippen LogP contribution is -2.31. The summed E-state index contributed by atoms with van der Waals surface area (Å²) in [5, 5.41) is 3.47. The molecule has 0 spiro atoms. The fraction of sp³-hybridized carbons (Fsp3) is 0.667. The largest absolute Gasteiger partial charge is 0.376 e. The van der Waals surface area contributed by atoms with Gasteiger partial charge < -0.3 is 15.8 Å². The Kier molecular flexibility index (Phi) is 2.63. The van der Waals surface area contributed by atoms with Crippen LogP contribution in [0.5, 0.6) is 0 Å². The van der Waals surface area contributed by atoms with Crippen LogP contribution in [-0.4, -0.2) is 28.7 Å². The molecule has 0 aromatic carbocycles. The first kappa shape index (κ1) is 10.8. The van der Waals surface area contributed by atoms with Gasteiger partial charge in [0.1, 0.15) is 5.82 Å². The number of nitrogen functional groups attached to an aromatic ring is 1. The molecular formula is C12H18N4O. The van der Waals surface area contributed by atoms with Crippen molar-refractivity contribution in [3.63, 3.8) is 0 Å². The number of nitrogens with one attached hydrogen (secondary N) is 1. The number of aryl methyl sites for hydroxylation is 1. The summed E-state index contributed by atoms with van der Waals surface area (Å²) in [6.07, 6.45) is 5.75. The quantitative estimate of drug-likeness (QED) is 0.825. The Morgan fingerprint density at radius 3 is 3.00 bits per heavy atom. The summed E-state index contributed by atoms with van der Waals surface area (Å²) >= 11 is 0. The number of hydrogen-bond donors (Lipinski definition) is 2. The number of ether oxygens (including phenoxy) is 1. The van der Waals surface area contributed by atoms with E-state index < -0.39 is 0 Å². The number of aromatic nitrogens is 2. The second-order valence-electron chi connectivity index (χ2n) is 4.97. The molecule has 1 aliphatic carbocycles. The molecule has 92 valence electrons. The molecule has 5 nitrogen and oxygen atoms in total. The molecule has 2 atom stereocenters. The Balaban J connectivity index is 1.74. The van der Waals surface area contributed by atoms with E-state index in [0.29, 0.717) is 18.1 Å². The maximum atomic E-state index is 5.79. The average Bonchev–Trinajstić information content (AvgIpc) is 3.05. The predicted octanol–water partition coefficient (Wildman–Crippen LogP) is 1.35. The van der Waals surface area contributed by atoms with Gasteiger partial charge in [-0.25, -0.2) is 4.98 Å². The van der Waals surface area contributed by atoms with Crippen LogP contribution in [0.1, 0.15) is 24.8 Å². The van der Waals surface area contributed by atoms with Crippen LogP contribution in [0.3, 0.4) is 0 Å². The summed E-state index contributed by atoms with van der Waals surface area (Å²) in [4.78, 5) is 8.23. The van der Waals surface area contributed by atoms with E-state index in [2.05, 4.69) is 15.3 Å². The SMILES string of the molecule is Cc1cnc(N)nc1NC1CCOC1C1CC1. The fourth-order valence-electron chi connectivity index (χ4n) is 2.43. The molecule has 2 aliphatic rings. The summed E-state index contributed by atoms with van der Waals surface area (Å²) < 4.78 is 5.79. The molecular weight excluding hydrogens is 216 g/mol. The third-order valence-corrected chi connectivity index (χ3v) is 3.53.